The van der Waals surface area contributed by atoms with Crippen molar-refractivity contribution in [1.29, 1.82) is 0 Å². The molecule has 0 amide bonds. The summed E-state index contributed by atoms with van der Waals surface area (Å²) >= 11 is 0. The van der Waals surface area contributed by atoms with Crippen LogP contribution in [0, 0.1) is 0 Å². The van der Waals surface area contributed by atoms with Gasteiger partial charge in [-0.3, -0.25) is 0 Å². The zero-order valence-corrected chi connectivity index (χ0v) is 6.38. The van der Waals surface area contributed by atoms with Crippen molar-refractivity contribution in [3.8, 4) is 0 Å². The summed E-state index contributed by atoms with van der Waals surface area (Å²) in [5.74, 6) is -4.98. The monoisotopic (exact) mass is 189 g/mol. The van der Waals surface area contributed by atoms with Gasteiger partial charge in [-0.25, -0.2) is 4.79 Å². The Balaban J connectivity index is 2.54. The highest BCUT2D eigenvalue weighted by Crippen LogP contribution is 2.42. The molecule has 0 saturated heterocycles. The fourth-order valence-electron chi connectivity index (χ4n) is 1.39. The second-order valence-electron chi connectivity index (χ2n) is 2.85. The molecule has 1 N–H and O–H groups in total. The molecule has 70 valence electrons. The molecule has 1 heterocycles. The average Bonchev–Trinajstić information content (AvgIpc) is 2.52. The van der Waals surface area contributed by atoms with Gasteiger partial charge in [0, 0.05) is 12.0 Å². The predicted octanol–water partition coefficient (Wildman–Crippen LogP) is 1.41. The van der Waals surface area contributed by atoms with Gasteiger partial charge in [0.05, 0.1) is 0 Å². The molecule has 0 bridgehead atoms. The van der Waals surface area contributed by atoms with Crippen LogP contribution >= 0.6 is 0 Å². The lowest BCUT2D eigenvalue weighted by atomic mass is 10.2. The fraction of sp³-hybridized carbons (Fsp3) is 0.429. The second kappa shape index (κ2) is 2.27. The van der Waals surface area contributed by atoms with Crippen LogP contribution in [-0.2, 0) is 12.3 Å². The van der Waals surface area contributed by atoms with E-state index < -0.39 is 29.8 Å². The summed E-state index contributed by atoms with van der Waals surface area (Å²) in [7, 11) is 0. The molecular formula is C7H5F2NO3. The largest absolute Gasteiger partial charge is 0.476 e. The highest BCUT2D eigenvalue weighted by Gasteiger charge is 2.46. The average molecular weight is 189 g/mol. The number of nitrogens with zero attached hydrogens (tertiary/aromatic N) is 1. The topological polar surface area (TPSA) is 63.3 Å². The molecule has 1 aliphatic carbocycles. The van der Waals surface area contributed by atoms with Gasteiger partial charge in [-0.05, 0) is 6.42 Å². The summed E-state index contributed by atoms with van der Waals surface area (Å²) in [6.45, 7) is 0. The van der Waals surface area contributed by atoms with Gasteiger partial charge in [0.1, 0.15) is 0 Å². The van der Waals surface area contributed by atoms with Crippen LogP contribution in [0.15, 0.2) is 4.52 Å². The third kappa shape index (κ3) is 1.01. The Morgan fingerprint density at radius 2 is 2.31 bits per heavy atom. The van der Waals surface area contributed by atoms with E-state index in [9.17, 15) is 13.6 Å². The fourth-order valence-corrected chi connectivity index (χ4v) is 1.39. The first kappa shape index (κ1) is 8.15. The molecule has 0 aliphatic heterocycles. The molecule has 4 nitrogen and oxygen atoms in total. The number of hydrogen-bond donors (Lipinski definition) is 1. The van der Waals surface area contributed by atoms with Crippen LogP contribution in [-0.4, -0.2) is 16.2 Å². The maximum absolute atomic E-state index is 12.9. The number of carbonyl (C=O) groups is 1. The van der Waals surface area contributed by atoms with Crippen LogP contribution < -0.4 is 0 Å². The van der Waals surface area contributed by atoms with Crippen molar-refractivity contribution >= 4 is 5.97 Å². The Morgan fingerprint density at radius 1 is 1.62 bits per heavy atom. The summed E-state index contributed by atoms with van der Waals surface area (Å²) < 4.78 is 30.1. The summed E-state index contributed by atoms with van der Waals surface area (Å²) in [5.41, 5.74) is -0.371. The van der Waals surface area contributed by atoms with Gasteiger partial charge in [0.2, 0.25) is 5.76 Å². The first-order chi connectivity index (χ1) is 6.02. The summed E-state index contributed by atoms with van der Waals surface area (Å²) in [5, 5.41) is 11.6. The van der Waals surface area contributed by atoms with E-state index in [0.29, 0.717) is 0 Å². The Bertz CT molecular complexity index is 372. The highest BCUT2D eigenvalue weighted by molar-refractivity contribution is 5.87. The number of aromatic nitrogens is 1. The third-order valence-corrected chi connectivity index (χ3v) is 2.01. The lowest BCUT2D eigenvalue weighted by molar-refractivity contribution is -0.0272. The van der Waals surface area contributed by atoms with E-state index in [1.54, 1.807) is 0 Å². The number of rotatable bonds is 1. The molecule has 1 aromatic heterocycles. The van der Waals surface area contributed by atoms with E-state index in [4.69, 9.17) is 5.11 Å². The second-order valence-corrected chi connectivity index (χ2v) is 2.85. The van der Waals surface area contributed by atoms with Crippen LogP contribution in [0.3, 0.4) is 0 Å². The number of halogens is 2. The quantitative estimate of drug-likeness (QED) is 0.725. The predicted molar refractivity (Wildman–Crippen MR) is 35.7 cm³/mol. The van der Waals surface area contributed by atoms with Gasteiger partial charge >= 0.3 is 11.9 Å². The number of alkyl halides is 2. The van der Waals surface area contributed by atoms with Crippen LogP contribution in [0.25, 0.3) is 0 Å². The number of aromatic carboxylic acids is 1. The highest BCUT2D eigenvalue weighted by atomic mass is 19.3. The molecule has 0 saturated carbocycles. The SMILES string of the molecule is O=C(O)c1noc2c1CCC2(F)F. The van der Waals surface area contributed by atoms with Crippen LogP contribution in [0.1, 0.15) is 28.2 Å². The van der Waals surface area contributed by atoms with Gasteiger partial charge in [0.25, 0.3) is 0 Å². The Hall–Kier alpha value is -1.46. The first-order valence-corrected chi connectivity index (χ1v) is 3.62. The van der Waals surface area contributed by atoms with E-state index in [-0.39, 0.29) is 12.0 Å². The van der Waals surface area contributed by atoms with E-state index >= 15 is 0 Å². The lowest BCUT2D eigenvalue weighted by Gasteiger charge is -2.03. The van der Waals surface area contributed by atoms with E-state index in [2.05, 4.69) is 9.68 Å². The maximum Gasteiger partial charge on any atom is 0.358 e. The van der Waals surface area contributed by atoms with Crippen molar-refractivity contribution < 1.29 is 23.2 Å². The van der Waals surface area contributed by atoms with E-state index in [0.717, 1.165) is 0 Å². The Kier molecular flexibility index (Phi) is 1.43. The molecule has 0 fully saturated rings. The van der Waals surface area contributed by atoms with Crippen molar-refractivity contribution in [2.24, 2.45) is 0 Å². The van der Waals surface area contributed by atoms with Gasteiger partial charge in [-0.15, -0.1) is 0 Å². The molecule has 0 spiro atoms. The molecule has 6 heteroatoms. The number of carboxylic acids is 1. The standard InChI is InChI=1S/C7H5F2NO3/c8-7(9)2-1-3-4(6(11)12)10-13-5(3)7/h1-2H2,(H,11,12). The molecule has 0 unspecified atom stereocenters. The van der Waals surface area contributed by atoms with Crippen molar-refractivity contribution in [2.75, 3.05) is 0 Å². The zero-order valence-electron chi connectivity index (χ0n) is 6.38. The number of hydrogen-bond acceptors (Lipinski definition) is 3. The summed E-state index contributed by atoms with van der Waals surface area (Å²) in [6, 6.07) is 0. The molecule has 0 radical (unpaired) electrons. The van der Waals surface area contributed by atoms with Gasteiger partial charge in [-0.2, -0.15) is 8.78 Å². The Labute approximate surface area is 71.1 Å². The Morgan fingerprint density at radius 3 is 2.92 bits per heavy atom. The third-order valence-electron chi connectivity index (χ3n) is 2.01. The lowest BCUT2D eigenvalue weighted by Crippen LogP contribution is -2.06. The normalized spacial score (nSPS) is 18.6. The van der Waals surface area contributed by atoms with Gasteiger partial charge in [0.15, 0.2) is 5.69 Å². The van der Waals surface area contributed by atoms with E-state index in [1.807, 2.05) is 0 Å². The number of fused-ring (bicyclic) bond motifs is 1. The molecule has 1 aliphatic rings. The molecule has 0 aromatic carbocycles. The minimum Gasteiger partial charge on any atom is -0.476 e. The van der Waals surface area contributed by atoms with E-state index in [1.165, 1.54) is 0 Å². The maximum atomic E-state index is 12.9. The van der Waals surface area contributed by atoms with Crippen LogP contribution in [0.4, 0.5) is 8.78 Å². The van der Waals surface area contributed by atoms with Gasteiger partial charge in [-0.1, -0.05) is 5.16 Å². The van der Waals surface area contributed by atoms with Crippen molar-refractivity contribution in [2.45, 2.75) is 18.8 Å². The molecule has 13 heavy (non-hydrogen) atoms. The minimum absolute atomic E-state index is 0.00741. The van der Waals surface area contributed by atoms with Crippen molar-refractivity contribution in [1.82, 2.24) is 5.16 Å². The molecular weight excluding hydrogens is 184 g/mol. The number of carboxylic acid groups (broad SMARTS) is 1. The molecule has 1 aromatic rings. The molecule has 0 atom stereocenters. The summed E-state index contributed by atoms with van der Waals surface area (Å²) in [4.78, 5) is 10.5. The van der Waals surface area contributed by atoms with Crippen molar-refractivity contribution in [3.05, 3.63) is 17.0 Å². The first-order valence-electron chi connectivity index (χ1n) is 3.62. The smallest absolute Gasteiger partial charge is 0.358 e. The summed E-state index contributed by atoms with van der Waals surface area (Å²) in [6.07, 6.45) is -0.391. The minimum atomic E-state index is -3.06. The van der Waals surface area contributed by atoms with Crippen LogP contribution in [0.2, 0.25) is 0 Å². The van der Waals surface area contributed by atoms with Crippen LogP contribution in [0.5, 0.6) is 0 Å². The zero-order chi connectivity index (χ0) is 9.64. The van der Waals surface area contributed by atoms with Crippen molar-refractivity contribution in [3.63, 3.8) is 0 Å². The molecule has 2 rings (SSSR count). The van der Waals surface area contributed by atoms with Gasteiger partial charge < -0.3 is 9.63 Å².